The maximum atomic E-state index is 5.98. The molecule has 2 fully saturated rings. The molecule has 2 saturated heterocycles. The van der Waals surface area contributed by atoms with Gasteiger partial charge in [0, 0.05) is 36.5 Å². The van der Waals surface area contributed by atoms with Crippen LogP contribution >= 0.6 is 11.3 Å². The third-order valence-corrected chi connectivity index (χ3v) is 5.41. The summed E-state index contributed by atoms with van der Waals surface area (Å²) < 4.78 is 11.7. The number of likely N-dealkylation sites (tertiary alicyclic amines) is 1. The maximum Gasteiger partial charge on any atom is 0.226 e. The Labute approximate surface area is 133 Å². The topological polar surface area (TPSA) is 64.3 Å². The van der Waals surface area contributed by atoms with E-state index in [1.54, 1.807) is 11.3 Å². The van der Waals surface area contributed by atoms with Crippen molar-refractivity contribution < 1.29 is 9.15 Å². The first kappa shape index (κ1) is 14.3. The van der Waals surface area contributed by atoms with Crippen molar-refractivity contribution in [3.63, 3.8) is 0 Å². The molecule has 22 heavy (non-hydrogen) atoms. The zero-order valence-corrected chi connectivity index (χ0v) is 13.7. The van der Waals surface area contributed by atoms with Crippen LogP contribution < -0.4 is 0 Å². The van der Waals surface area contributed by atoms with Crippen LogP contribution in [0.1, 0.15) is 36.6 Å². The van der Waals surface area contributed by atoms with Crippen molar-refractivity contribution >= 4 is 11.3 Å². The molecule has 2 aliphatic rings. The van der Waals surface area contributed by atoms with E-state index >= 15 is 0 Å². The van der Waals surface area contributed by atoms with Gasteiger partial charge in [-0.25, -0.2) is 4.98 Å². The van der Waals surface area contributed by atoms with Gasteiger partial charge >= 0.3 is 0 Å². The molecule has 0 saturated carbocycles. The molecule has 0 aliphatic carbocycles. The van der Waals surface area contributed by atoms with E-state index in [2.05, 4.69) is 33.9 Å². The summed E-state index contributed by atoms with van der Waals surface area (Å²) in [6.45, 7) is 8.37. The van der Waals surface area contributed by atoms with Crippen LogP contribution in [0.3, 0.4) is 0 Å². The van der Waals surface area contributed by atoms with Gasteiger partial charge in [0.15, 0.2) is 0 Å². The monoisotopic (exact) mass is 320 g/mol. The average molecular weight is 320 g/mol. The van der Waals surface area contributed by atoms with Gasteiger partial charge in [0.25, 0.3) is 0 Å². The van der Waals surface area contributed by atoms with Crippen molar-refractivity contribution in [2.45, 2.75) is 31.7 Å². The van der Waals surface area contributed by atoms with Crippen molar-refractivity contribution in [1.29, 1.82) is 0 Å². The van der Waals surface area contributed by atoms with E-state index < -0.39 is 0 Å². The number of thiazole rings is 1. The van der Waals surface area contributed by atoms with Gasteiger partial charge in [-0.1, -0.05) is 13.8 Å². The normalized spacial score (nSPS) is 28.6. The summed E-state index contributed by atoms with van der Waals surface area (Å²) in [6.07, 6.45) is 1.86. The minimum absolute atomic E-state index is 0.141. The molecule has 2 atom stereocenters. The summed E-state index contributed by atoms with van der Waals surface area (Å²) in [4.78, 5) is 6.83. The van der Waals surface area contributed by atoms with Gasteiger partial charge in [0.05, 0.1) is 25.2 Å². The summed E-state index contributed by atoms with van der Waals surface area (Å²) >= 11 is 1.71. The lowest BCUT2D eigenvalue weighted by Gasteiger charge is -2.22. The van der Waals surface area contributed by atoms with Crippen molar-refractivity contribution in [2.24, 2.45) is 5.92 Å². The predicted molar refractivity (Wildman–Crippen MR) is 81.8 cm³/mol. The smallest absolute Gasteiger partial charge is 0.226 e. The van der Waals surface area contributed by atoms with E-state index in [0.717, 1.165) is 37.1 Å². The minimum atomic E-state index is -0.141. The second kappa shape index (κ2) is 5.40. The Kier molecular flexibility index (Phi) is 3.51. The van der Waals surface area contributed by atoms with Crippen LogP contribution in [0.5, 0.6) is 0 Å². The standard InChI is InChI=1S/C15H20N4O2S/c1-10(2)13-17-18-14(21-13)15-8-19(5-11(15)7-20-9-15)6-12-16-3-4-22-12/h3-4,10-11H,5-9H2,1-2H3/t11-,15-/m0/s1. The van der Waals surface area contributed by atoms with Crippen LogP contribution in [0, 0.1) is 5.92 Å². The first-order valence-corrected chi connectivity index (χ1v) is 8.58. The predicted octanol–water partition coefficient (Wildman–Crippen LogP) is 2.05. The zero-order valence-electron chi connectivity index (χ0n) is 12.9. The first-order chi connectivity index (χ1) is 10.7. The fourth-order valence-electron chi connectivity index (χ4n) is 3.45. The minimum Gasteiger partial charge on any atom is -0.424 e. The second-order valence-corrected chi connectivity index (χ2v) is 7.54. The Balaban J connectivity index is 1.58. The van der Waals surface area contributed by atoms with E-state index in [1.165, 1.54) is 0 Å². The lowest BCUT2D eigenvalue weighted by Crippen LogP contribution is -2.35. The van der Waals surface area contributed by atoms with Crippen molar-refractivity contribution in [2.75, 3.05) is 26.3 Å². The molecule has 0 radical (unpaired) electrons. The highest BCUT2D eigenvalue weighted by Gasteiger charge is 2.55. The number of nitrogens with zero attached hydrogens (tertiary/aromatic N) is 4. The molecule has 2 aromatic heterocycles. The number of ether oxygens (including phenoxy) is 1. The highest BCUT2D eigenvalue weighted by molar-refractivity contribution is 7.09. The Bertz CT molecular complexity index is 642. The van der Waals surface area contributed by atoms with Crippen LogP contribution in [-0.4, -0.2) is 46.4 Å². The quantitative estimate of drug-likeness (QED) is 0.859. The SMILES string of the molecule is CC(C)c1nnc([C@@]23COC[C@@H]2CN(Cc2nccs2)C3)o1. The molecule has 0 N–H and O–H groups in total. The van der Waals surface area contributed by atoms with Crippen molar-refractivity contribution in [3.8, 4) is 0 Å². The third-order valence-electron chi connectivity index (χ3n) is 4.65. The fourth-order valence-corrected chi connectivity index (χ4v) is 4.11. The second-order valence-electron chi connectivity index (χ2n) is 6.56. The van der Waals surface area contributed by atoms with E-state index in [9.17, 15) is 0 Å². The summed E-state index contributed by atoms with van der Waals surface area (Å²) in [6, 6.07) is 0. The van der Waals surface area contributed by atoms with Crippen LogP contribution in [0.15, 0.2) is 16.0 Å². The molecular weight excluding hydrogens is 300 g/mol. The molecule has 2 aliphatic heterocycles. The Morgan fingerprint density at radius 3 is 3.09 bits per heavy atom. The molecule has 0 spiro atoms. The van der Waals surface area contributed by atoms with Crippen LogP contribution in [-0.2, 0) is 16.7 Å². The number of rotatable bonds is 4. The fraction of sp³-hybridized carbons (Fsp3) is 0.667. The summed E-state index contributed by atoms with van der Waals surface area (Å²) in [5, 5.41) is 11.7. The molecule has 6 nitrogen and oxygen atoms in total. The molecule has 2 aromatic rings. The molecule has 0 aromatic carbocycles. The van der Waals surface area contributed by atoms with E-state index in [-0.39, 0.29) is 11.3 Å². The van der Waals surface area contributed by atoms with Gasteiger partial charge in [0.1, 0.15) is 5.01 Å². The molecule has 118 valence electrons. The Morgan fingerprint density at radius 1 is 1.45 bits per heavy atom. The van der Waals surface area contributed by atoms with Crippen LogP contribution in [0.2, 0.25) is 0 Å². The molecule has 0 unspecified atom stereocenters. The largest absolute Gasteiger partial charge is 0.424 e. The Morgan fingerprint density at radius 2 is 2.36 bits per heavy atom. The third kappa shape index (κ3) is 2.28. The van der Waals surface area contributed by atoms with Crippen molar-refractivity contribution in [1.82, 2.24) is 20.1 Å². The highest BCUT2D eigenvalue weighted by Crippen LogP contribution is 2.44. The van der Waals surface area contributed by atoms with Gasteiger partial charge < -0.3 is 9.15 Å². The lowest BCUT2D eigenvalue weighted by atomic mass is 9.81. The highest BCUT2D eigenvalue weighted by atomic mass is 32.1. The zero-order chi connectivity index (χ0) is 15.2. The summed E-state index contributed by atoms with van der Waals surface area (Å²) in [5.74, 6) is 2.15. The number of aromatic nitrogens is 3. The molecule has 4 heterocycles. The molecule has 4 rings (SSSR count). The van der Waals surface area contributed by atoms with E-state index in [4.69, 9.17) is 9.15 Å². The molecular formula is C15H20N4O2S. The van der Waals surface area contributed by atoms with Gasteiger partial charge in [-0.15, -0.1) is 21.5 Å². The van der Waals surface area contributed by atoms with Gasteiger partial charge in [-0.3, -0.25) is 4.90 Å². The van der Waals surface area contributed by atoms with Gasteiger partial charge in [-0.05, 0) is 0 Å². The average Bonchev–Trinajstić information content (AvgIpc) is 3.22. The van der Waals surface area contributed by atoms with Crippen molar-refractivity contribution in [3.05, 3.63) is 28.4 Å². The molecule has 7 heteroatoms. The molecule has 0 bridgehead atoms. The number of fused-ring (bicyclic) bond motifs is 1. The van der Waals surface area contributed by atoms with Crippen LogP contribution in [0.25, 0.3) is 0 Å². The van der Waals surface area contributed by atoms with Crippen LogP contribution in [0.4, 0.5) is 0 Å². The Hall–Kier alpha value is -1.31. The van der Waals surface area contributed by atoms with Gasteiger partial charge in [-0.2, -0.15) is 0 Å². The maximum absolute atomic E-state index is 5.98. The van der Waals surface area contributed by atoms with E-state index in [0.29, 0.717) is 18.4 Å². The lowest BCUT2D eigenvalue weighted by molar-refractivity contribution is 0.139. The van der Waals surface area contributed by atoms with E-state index in [1.807, 2.05) is 11.6 Å². The number of hydrogen-bond acceptors (Lipinski definition) is 7. The first-order valence-electron chi connectivity index (χ1n) is 7.70. The molecule has 0 amide bonds. The summed E-state index contributed by atoms with van der Waals surface area (Å²) in [7, 11) is 0. The summed E-state index contributed by atoms with van der Waals surface area (Å²) in [5.41, 5.74) is -0.141. The van der Waals surface area contributed by atoms with Gasteiger partial charge in [0.2, 0.25) is 11.8 Å². The number of hydrogen-bond donors (Lipinski definition) is 0.